The number of aromatic carboxylic acids is 1. The van der Waals surface area contributed by atoms with Gasteiger partial charge in [-0.15, -0.1) is 0 Å². The number of carboxylic acid groups (broad SMARTS) is 1. The highest BCUT2D eigenvalue weighted by molar-refractivity contribution is 6.06. The fourth-order valence-electron chi connectivity index (χ4n) is 3.05. The Morgan fingerprint density at radius 1 is 1.03 bits per heavy atom. The van der Waals surface area contributed by atoms with Crippen molar-refractivity contribution in [3.8, 4) is 0 Å². The molecule has 1 N–H and O–H groups in total. The van der Waals surface area contributed by atoms with E-state index < -0.39 is 17.9 Å². The number of carbonyl (C=O) groups is 3. The van der Waals surface area contributed by atoms with Gasteiger partial charge in [0.05, 0.1) is 31.0 Å². The van der Waals surface area contributed by atoms with Crippen LogP contribution in [0.25, 0.3) is 0 Å². The van der Waals surface area contributed by atoms with Crippen molar-refractivity contribution in [2.24, 2.45) is 0 Å². The predicted molar refractivity (Wildman–Crippen MR) is 109 cm³/mol. The van der Waals surface area contributed by atoms with Gasteiger partial charge in [-0.2, -0.15) is 0 Å². The maximum Gasteiger partial charge on any atom is 0.355 e. The van der Waals surface area contributed by atoms with Crippen molar-refractivity contribution in [3.05, 3.63) is 59.5 Å². The summed E-state index contributed by atoms with van der Waals surface area (Å²) >= 11 is 0. The second-order valence-electron chi connectivity index (χ2n) is 5.99. The van der Waals surface area contributed by atoms with Gasteiger partial charge in [0, 0.05) is 25.0 Å². The number of methoxy groups -OCH3 is 2. The highest BCUT2D eigenvalue weighted by atomic mass is 16.5. The van der Waals surface area contributed by atoms with E-state index in [2.05, 4.69) is 0 Å². The van der Waals surface area contributed by atoms with Crippen LogP contribution in [0.1, 0.15) is 24.2 Å². The van der Waals surface area contributed by atoms with Gasteiger partial charge in [-0.25, -0.2) is 14.4 Å². The zero-order chi connectivity index (χ0) is 21.6. The quantitative estimate of drug-likeness (QED) is 0.698. The van der Waals surface area contributed by atoms with Crippen LogP contribution in [0.3, 0.4) is 0 Å². The number of allylic oxidation sites excluding steroid dienone is 2. The average molecular weight is 400 g/mol. The highest BCUT2D eigenvalue weighted by Crippen LogP contribution is 2.31. The van der Waals surface area contributed by atoms with Crippen LogP contribution in [0.5, 0.6) is 0 Å². The first-order valence-electron chi connectivity index (χ1n) is 9.06. The van der Waals surface area contributed by atoms with Gasteiger partial charge in [0.2, 0.25) is 0 Å². The van der Waals surface area contributed by atoms with Gasteiger partial charge in [0.25, 0.3) is 0 Å². The SMILES string of the molecule is CCN(CC)c1ccc(N2C=CC=CC(C(=O)OC)=C2C(=O)OC)cc1C(=O)O. The van der Waals surface area contributed by atoms with Crippen LogP contribution in [0.2, 0.25) is 0 Å². The Morgan fingerprint density at radius 2 is 1.69 bits per heavy atom. The van der Waals surface area contributed by atoms with Gasteiger partial charge in [-0.3, -0.25) is 0 Å². The average Bonchev–Trinajstić information content (AvgIpc) is 2.96. The van der Waals surface area contributed by atoms with E-state index in [9.17, 15) is 19.5 Å². The number of nitrogens with zero attached hydrogens (tertiary/aromatic N) is 2. The molecule has 0 aliphatic carbocycles. The maximum absolute atomic E-state index is 12.5. The van der Waals surface area contributed by atoms with Crippen LogP contribution in [0.4, 0.5) is 11.4 Å². The molecule has 1 aliphatic heterocycles. The number of carboxylic acids is 1. The van der Waals surface area contributed by atoms with Gasteiger partial charge < -0.3 is 24.4 Å². The van der Waals surface area contributed by atoms with Crippen LogP contribution in [0.15, 0.2) is 53.9 Å². The van der Waals surface area contributed by atoms with E-state index in [1.807, 2.05) is 18.7 Å². The fourth-order valence-corrected chi connectivity index (χ4v) is 3.05. The predicted octanol–water partition coefficient (Wildman–Crippen LogP) is 2.72. The van der Waals surface area contributed by atoms with Crippen molar-refractivity contribution < 1.29 is 29.0 Å². The van der Waals surface area contributed by atoms with Gasteiger partial charge in [-0.05, 0) is 44.2 Å². The number of benzene rings is 1. The molecule has 1 heterocycles. The molecular weight excluding hydrogens is 376 g/mol. The summed E-state index contributed by atoms with van der Waals surface area (Å²) in [6.45, 7) is 5.16. The lowest BCUT2D eigenvalue weighted by Gasteiger charge is -2.26. The Kier molecular flexibility index (Phi) is 7.19. The number of rotatable bonds is 7. The van der Waals surface area contributed by atoms with Crippen molar-refractivity contribution in [1.29, 1.82) is 0 Å². The molecule has 0 spiro atoms. The number of anilines is 2. The third kappa shape index (κ3) is 4.48. The van der Waals surface area contributed by atoms with E-state index in [0.717, 1.165) is 0 Å². The molecule has 0 bridgehead atoms. The molecular formula is C21H24N2O6. The Labute approximate surface area is 169 Å². The largest absolute Gasteiger partial charge is 0.478 e. The molecule has 154 valence electrons. The summed E-state index contributed by atoms with van der Waals surface area (Å²) in [7, 11) is 2.41. The van der Waals surface area contributed by atoms with Crippen LogP contribution in [0, 0.1) is 0 Å². The number of ether oxygens (including phenoxy) is 2. The number of esters is 2. The zero-order valence-electron chi connectivity index (χ0n) is 16.8. The monoisotopic (exact) mass is 400 g/mol. The summed E-state index contributed by atoms with van der Waals surface area (Å²) in [5.41, 5.74) is 0.964. The van der Waals surface area contributed by atoms with Crippen molar-refractivity contribution in [2.45, 2.75) is 13.8 Å². The van der Waals surface area contributed by atoms with Crippen LogP contribution < -0.4 is 9.80 Å². The van der Waals surface area contributed by atoms with Gasteiger partial charge in [0.1, 0.15) is 5.70 Å². The topological polar surface area (TPSA) is 96.4 Å². The number of carbonyl (C=O) groups excluding carboxylic acids is 2. The maximum atomic E-state index is 12.5. The third-order valence-electron chi connectivity index (χ3n) is 4.48. The van der Waals surface area contributed by atoms with E-state index in [-0.39, 0.29) is 16.8 Å². The molecule has 0 aromatic heterocycles. The second-order valence-corrected chi connectivity index (χ2v) is 5.99. The smallest absolute Gasteiger partial charge is 0.355 e. The van der Waals surface area contributed by atoms with Gasteiger partial charge >= 0.3 is 17.9 Å². The highest BCUT2D eigenvalue weighted by Gasteiger charge is 2.28. The summed E-state index contributed by atoms with van der Waals surface area (Å²) in [5.74, 6) is -2.57. The molecule has 29 heavy (non-hydrogen) atoms. The molecule has 8 heteroatoms. The Hall–Kier alpha value is -3.55. The molecule has 8 nitrogen and oxygen atoms in total. The van der Waals surface area contributed by atoms with Crippen molar-refractivity contribution >= 4 is 29.3 Å². The second kappa shape index (κ2) is 9.59. The van der Waals surface area contributed by atoms with E-state index in [4.69, 9.17) is 9.47 Å². The molecule has 1 aliphatic rings. The minimum Gasteiger partial charge on any atom is -0.478 e. The van der Waals surface area contributed by atoms with Crippen LogP contribution in [-0.2, 0) is 19.1 Å². The van der Waals surface area contributed by atoms with Crippen LogP contribution in [-0.4, -0.2) is 50.3 Å². The zero-order valence-corrected chi connectivity index (χ0v) is 16.8. The molecule has 1 aromatic rings. The number of hydrogen-bond acceptors (Lipinski definition) is 7. The number of hydrogen-bond donors (Lipinski definition) is 1. The van der Waals surface area contributed by atoms with Gasteiger partial charge in [-0.1, -0.05) is 6.08 Å². The fraction of sp³-hybridized carbons (Fsp3) is 0.286. The van der Waals surface area contributed by atoms with E-state index in [1.165, 1.54) is 31.3 Å². The van der Waals surface area contributed by atoms with Gasteiger partial charge in [0.15, 0.2) is 0 Å². The molecule has 0 atom stereocenters. The lowest BCUT2D eigenvalue weighted by molar-refractivity contribution is -0.139. The molecule has 1 aromatic carbocycles. The van der Waals surface area contributed by atoms with Crippen molar-refractivity contribution in [3.63, 3.8) is 0 Å². The summed E-state index contributed by atoms with van der Waals surface area (Å²) in [5, 5.41) is 9.73. The normalized spacial score (nSPS) is 13.2. The summed E-state index contributed by atoms with van der Waals surface area (Å²) < 4.78 is 9.64. The molecule has 0 saturated carbocycles. The molecule has 0 fully saturated rings. The Morgan fingerprint density at radius 3 is 2.24 bits per heavy atom. The standard InChI is InChI=1S/C21H24N2O6/c1-5-22(6-2)17-11-10-14(13-16(17)19(24)25)23-12-8-7-9-15(20(26)28-3)18(23)21(27)29-4/h7-13H,5-6H2,1-4H3,(H,24,25). The first-order valence-corrected chi connectivity index (χ1v) is 9.06. The third-order valence-corrected chi connectivity index (χ3v) is 4.48. The van der Waals surface area contributed by atoms with Crippen LogP contribution >= 0.6 is 0 Å². The van der Waals surface area contributed by atoms with E-state index in [1.54, 1.807) is 30.5 Å². The lowest BCUT2D eigenvalue weighted by Crippen LogP contribution is -2.28. The molecule has 0 saturated heterocycles. The summed E-state index contributed by atoms with van der Waals surface area (Å²) in [6, 6.07) is 4.84. The Balaban J connectivity index is 2.70. The molecule has 2 rings (SSSR count). The minimum atomic E-state index is -1.09. The summed E-state index contributed by atoms with van der Waals surface area (Å²) in [4.78, 5) is 40.0. The Bertz CT molecular complexity index is 896. The van der Waals surface area contributed by atoms with E-state index >= 15 is 0 Å². The van der Waals surface area contributed by atoms with Crippen molar-refractivity contribution in [1.82, 2.24) is 0 Å². The molecule has 0 radical (unpaired) electrons. The minimum absolute atomic E-state index is 0.00551. The molecule has 0 unspecified atom stereocenters. The molecule has 0 amide bonds. The van der Waals surface area contributed by atoms with Crippen molar-refractivity contribution in [2.75, 3.05) is 37.1 Å². The summed E-state index contributed by atoms with van der Waals surface area (Å²) in [6.07, 6.45) is 6.20. The van der Waals surface area contributed by atoms with E-state index in [0.29, 0.717) is 24.5 Å². The first-order chi connectivity index (χ1) is 13.9. The lowest BCUT2D eigenvalue weighted by atomic mass is 10.1. The first kappa shape index (κ1) is 21.7.